The number of esters is 1. The zero-order chi connectivity index (χ0) is 14.3. The van der Waals surface area contributed by atoms with Crippen molar-refractivity contribution in [1.29, 1.82) is 0 Å². The maximum atomic E-state index is 11.5. The van der Waals surface area contributed by atoms with Gasteiger partial charge >= 0.3 is 5.97 Å². The third-order valence-electron chi connectivity index (χ3n) is 2.16. The highest BCUT2D eigenvalue weighted by atomic mass is 32.1. The molecule has 1 rings (SSSR count). The fourth-order valence-electron chi connectivity index (χ4n) is 1.22. The van der Waals surface area contributed by atoms with Crippen LogP contribution in [0.2, 0.25) is 0 Å². The summed E-state index contributed by atoms with van der Waals surface area (Å²) in [6.45, 7) is -0.860. The van der Waals surface area contributed by atoms with E-state index in [1.54, 1.807) is 17.5 Å². The second kappa shape index (κ2) is 7.49. The lowest BCUT2D eigenvalue weighted by atomic mass is 10.3. The van der Waals surface area contributed by atoms with E-state index in [0.717, 1.165) is 7.11 Å². The van der Waals surface area contributed by atoms with Crippen LogP contribution in [0.4, 0.5) is 0 Å². The first kappa shape index (κ1) is 15.1. The molecule has 0 bridgehead atoms. The fourth-order valence-corrected chi connectivity index (χ4v) is 1.86. The number of ether oxygens (including phenoxy) is 1. The Balaban J connectivity index is 2.39. The first-order valence-corrected chi connectivity index (χ1v) is 6.26. The smallest absolute Gasteiger partial charge is 0.330 e. The molecule has 0 aliphatic rings. The van der Waals surface area contributed by atoms with Gasteiger partial charge in [-0.05, 0) is 11.4 Å². The van der Waals surface area contributed by atoms with Gasteiger partial charge in [0.15, 0.2) is 6.04 Å². The van der Waals surface area contributed by atoms with E-state index in [4.69, 9.17) is 5.11 Å². The summed E-state index contributed by atoms with van der Waals surface area (Å²) in [5.74, 6) is -1.71. The highest BCUT2D eigenvalue weighted by molar-refractivity contribution is 7.12. The lowest BCUT2D eigenvalue weighted by Gasteiger charge is -2.13. The molecule has 0 aliphatic carbocycles. The van der Waals surface area contributed by atoms with Crippen molar-refractivity contribution in [2.45, 2.75) is 6.04 Å². The molecule has 19 heavy (non-hydrogen) atoms. The van der Waals surface area contributed by atoms with E-state index in [1.807, 2.05) is 0 Å². The molecule has 0 spiro atoms. The Bertz CT molecular complexity index is 446. The van der Waals surface area contributed by atoms with Crippen LogP contribution in [0.3, 0.4) is 0 Å². The molecule has 0 saturated heterocycles. The van der Waals surface area contributed by atoms with Gasteiger partial charge in [0.05, 0.1) is 25.1 Å². The van der Waals surface area contributed by atoms with E-state index < -0.39 is 24.5 Å². The van der Waals surface area contributed by atoms with E-state index in [9.17, 15) is 14.4 Å². The third kappa shape index (κ3) is 4.68. The minimum absolute atomic E-state index is 0.287. The average molecular weight is 286 g/mol. The second-order valence-corrected chi connectivity index (χ2v) is 4.43. The molecule has 0 radical (unpaired) electrons. The first-order valence-electron chi connectivity index (χ1n) is 5.38. The van der Waals surface area contributed by atoms with Gasteiger partial charge in [0.2, 0.25) is 5.91 Å². The molecule has 3 N–H and O–H groups in total. The van der Waals surface area contributed by atoms with Crippen LogP contribution in [0.5, 0.6) is 0 Å². The SMILES string of the molecule is COC(=O)C(CO)NC(=O)CNC(=O)c1cccs1. The number of hydrogen-bond acceptors (Lipinski definition) is 6. The standard InChI is InChI=1S/C11H14N2O5S/c1-18-11(17)7(6-14)13-9(15)5-12-10(16)8-3-2-4-19-8/h2-4,7,14H,5-6H2,1H3,(H,12,16)(H,13,15). The molecule has 104 valence electrons. The number of nitrogens with one attached hydrogen (secondary N) is 2. The Morgan fingerprint density at radius 1 is 1.47 bits per heavy atom. The molecule has 1 aromatic heterocycles. The van der Waals surface area contributed by atoms with E-state index in [0.29, 0.717) is 4.88 Å². The molecule has 0 aliphatic heterocycles. The highest BCUT2D eigenvalue weighted by Gasteiger charge is 2.20. The van der Waals surface area contributed by atoms with Crippen LogP contribution in [0.15, 0.2) is 17.5 Å². The molecule has 1 atom stereocenters. The van der Waals surface area contributed by atoms with Gasteiger partial charge in [-0.2, -0.15) is 0 Å². The van der Waals surface area contributed by atoms with Crippen LogP contribution < -0.4 is 10.6 Å². The number of carbonyl (C=O) groups excluding carboxylic acids is 3. The zero-order valence-electron chi connectivity index (χ0n) is 10.2. The van der Waals surface area contributed by atoms with E-state index in [2.05, 4.69) is 15.4 Å². The molecule has 0 aromatic carbocycles. The molecule has 1 heterocycles. The largest absolute Gasteiger partial charge is 0.467 e. The molecule has 7 nitrogen and oxygen atoms in total. The predicted molar refractivity (Wildman–Crippen MR) is 67.7 cm³/mol. The van der Waals surface area contributed by atoms with Gasteiger partial charge in [0.1, 0.15) is 0 Å². The van der Waals surface area contributed by atoms with E-state index in [1.165, 1.54) is 11.3 Å². The summed E-state index contributed by atoms with van der Waals surface area (Å²) in [7, 11) is 1.15. The number of carbonyl (C=O) groups is 3. The normalized spacial score (nSPS) is 11.5. The van der Waals surface area contributed by atoms with Gasteiger partial charge in [-0.25, -0.2) is 4.79 Å². The predicted octanol–water partition coefficient (Wildman–Crippen LogP) is -0.872. The summed E-state index contributed by atoms with van der Waals surface area (Å²) in [6.07, 6.45) is 0. The molecular weight excluding hydrogens is 272 g/mol. The topological polar surface area (TPSA) is 105 Å². The van der Waals surface area contributed by atoms with Crippen molar-refractivity contribution in [3.8, 4) is 0 Å². The molecule has 0 fully saturated rings. The van der Waals surface area contributed by atoms with Crippen molar-refractivity contribution in [3.05, 3.63) is 22.4 Å². The molecule has 0 saturated carbocycles. The lowest BCUT2D eigenvalue weighted by Crippen LogP contribution is -2.47. The fraction of sp³-hybridized carbons (Fsp3) is 0.364. The van der Waals surface area contributed by atoms with Crippen molar-refractivity contribution in [1.82, 2.24) is 10.6 Å². The quantitative estimate of drug-likeness (QED) is 0.590. The van der Waals surface area contributed by atoms with Crippen molar-refractivity contribution < 1.29 is 24.2 Å². The minimum atomic E-state index is -1.13. The van der Waals surface area contributed by atoms with Gasteiger partial charge in [0, 0.05) is 0 Å². The number of aliphatic hydroxyl groups is 1. The highest BCUT2D eigenvalue weighted by Crippen LogP contribution is 2.07. The Morgan fingerprint density at radius 2 is 2.21 bits per heavy atom. The maximum absolute atomic E-state index is 11.5. The summed E-state index contributed by atoms with van der Waals surface area (Å²) in [4.78, 5) is 34.6. The van der Waals surface area contributed by atoms with Crippen LogP contribution >= 0.6 is 11.3 Å². The number of amides is 2. The van der Waals surface area contributed by atoms with Gasteiger partial charge in [-0.15, -0.1) is 11.3 Å². The van der Waals surface area contributed by atoms with Gasteiger partial charge < -0.3 is 20.5 Å². The molecule has 1 unspecified atom stereocenters. The third-order valence-corrected chi connectivity index (χ3v) is 3.03. The monoisotopic (exact) mass is 286 g/mol. The number of aliphatic hydroxyl groups excluding tert-OH is 1. The number of rotatable bonds is 6. The van der Waals surface area contributed by atoms with Crippen molar-refractivity contribution >= 4 is 29.1 Å². The first-order chi connectivity index (χ1) is 9.08. The van der Waals surface area contributed by atoms with Gasteiger partial charge in [-0.3, -0.25) is 9.59 Å². The number of methoxy groups -OCH3 is 1. The maximum Gasteiger partial charge on any atom is 0.330 e. The Morgan fingerprint density at radius 3 is 2.74 bits per heavy atom. The molecule has 8 heteroatoms. The molecule has 1 aromatic rings. The van der Waals surface area contributed by atoms with Crippen LogP contribution in [0.1, 0.15) is 9.67 Å². The Kier molecular flexibility index (Phi) is 5.97. The second-order valence-electron chi connectivity index (χ2n) is 3.49. The van der Waals surface area contributed by atoms with Gasteiger partial charge in [-0.1, -0.05) is 6.07 Å². The minimum Gasteiger partial charge on any atom is -0.467 e. The average Bonchev–Trinajstić information content (AvgIpc) is 2.95. The van der Waals surface area contributed by atoms with Crippen molar-refractivity contribution in [3.63, 3.8) is 0 Å². The summed E-state index contributed by atoms with van der Waals surface area (Å²) < 4.78 is 4.39. The van der Waals surface area contributed by atoms with E-state index in [-0.39, 0.29) is 12.5 Å². The van der Waals surface area contributed by atoms with Crippen LogP contribution in [0.25, 0.3) is 0 Å². The Labute approximate surface area is 113 Å². The summed E-state index contributed by atoms with van der Waals surface area (Å²) in [6, 6.07) is 2.22. The lowest BCUT2D eigenvalue weighted by molar-refractivity contribution is -0.146. The zero-order valence-corrected chi connectivity index (χ0v) is 11.0. The number of hydrogen-bond donors (Lipinski definition) is 3. The summed E-state index contributed by atoms with van der Waals surface area (Å²) in [5, 5.41) is 15.3. The van der Waals surface area contributed by atoms with E-state index >= 15 is 0 Å². The number of thiophene rings is 1. The Hall–Kier alpha value is -1.93. The summed E-state index contributed by atoms with van der Waals surface area (Å²) in [5.41, 5.74) is 0. The van der Waals surface area contributed by atoms with Crippen molar-refractivity contribution in [2.24, 2.45) is 0 Å². The van der Waals surface area contributed by atoms with Gasteiger partial charge in [0.25, 0.3) is 5.91 Å². The van der Waals surface area contributed by atoms with Crippen LogP contribution in [-0.4, -0.2) is 49.2 Å². The molecule has 2 amide bonds. The molecular formula is C11H14N2O5S. The summed E-state index contributed by atoms with van der Waals surface area (Å²) >= 11 is 1.25. The van der Waals surface area contributed by atoms with Crippen LogP contribution in [0, 0.1) is 0 Å². The van der Waals surface area contributed by atoms with Crippen LogP contribution in [-0.2, 0) is 14.3 Å². The van der Waals surface area contributed by atoms with Crippen molar-refractivity contribution in [2.75, 3.05) is 20.3 Å².